The minimum atomic E-state index is 0.942. The van der Waals surface area contributed by atoms with Crippen molar-refractivity contribution in [3.05, 3.63) is 46.8 Å². The van der Waals surface area contributed by atoms with Gasteiger partial charge in [-0.1, -0.05) is 12.1 Å². The van der Waals surface area contributed by atoms with Crippen molar-refractivity contribution < 1.29 is 0 Å². The molecule has 0 aliphatic heterocycles. The molecule has 0 aliphatic rings. The Labute approximate surface area is 87.6 Å². The molecule has 2 rings (SSSR count). The first kappa shape index (κ1) is 9.21. The van der Waals surface area contributed by atoms with E-state index in [4.69, 9.17) is 0 Å². The normalized spacial score (nSPS) is 10.0. The summed E-state index contributed by atoms with van der Waals surface area (Å²) >= 11 is 1.80. The second-order valence-corrected chi connectivity index (χ2v) is 4.00. The Morgan fingerprint density at radius 2 is 2.21 bits per heavy atom. The van der Waals surface area contributed by atoms with Crippen LogP contribution in [0.4, 0.5) is 5.82 Å². The highest BCUT2D eigenvalue weighted by Gasteiger charge is 1.94. The lowest BCUT2D eigenvalue weighted by Crippen LogP contribution is -2.04. The summed E-state index contributed by atoms with van der Waals surface area (Å²) in [6.07, 6.45) is 2.86. The topological polar surface area (TPSA) is 24.9 Å². The fourth-order valence-electron chi connectivity index (χ4n) is 1.24. The van der Waals surface area contributed by atoms with Gasteiger partial charge >= 0.3 is 0 Å². The van der Waals surface area contributed by atoms with Gasteiger partial charge in [0.1, 0.15) is 5.82 Å². The van der Waals surface area contributed by atoms with Gasteiger partial charge in [0.2, 0.25) is 0 Å². The number of hydrogen-bond acceptors (Lipinski definition) is 3. The van der Waals surface area contributed by atoms with Crippen molar-refractivity contribution in [2.75, 3.05) is 11.9 Å². The van der Waals surface area contributed by atoms with E-state index < -0.39 is 0 Å². The van der Waals surface area contributed by atoms with E-state index in [0.717, 1.165) is 18.8 Å². The van der Waals surface area contributed by atoms with E-state index in [1.807, 2.05) is 18.2 Å². The highest BCUT2D eigenvalue weighted by molar-refractivity contribution is 7.09. The van der Waals surface area contributed by atoms with Crippen molar-refractivity contribution in [3.8, 4) is 0 Å². The number of pyridine rings is 1. The van der Waals surface area contributed by atoms with Crippen LogP contribution in [0, 0.1) is 0 Å². The third-order valence-electron chi connectivity index (χ3n) is 1.92. The predicted octanol–water partition coefficient (Wildman–Crippen LogP) is 2.80. The molecule has 3 heteroatoms. The number of anilines is 1. The second kappa shape index (κ2) is 4.77. The summed E-state index contributed by atoms with van der Waals surface area (Å²) < 4.78 is 0. The van der Waals surface area contributed by atoms with Crippen LogP contribution < -0.4 is 5.32 Å². The van der Waals surface area contributed by atoms with Crippen molar-refractivity contribution in [1.29, 1.82) is 0 Å². The molecule has 0 atom stereocenters. The van der Waals surface area contributed by atoms with E-state index in [1.165, 1.54) is 4.88 Å². The van der Waals surface area contributed by atoms with Gasteiger partial charge in [-0.15, -0.1) is 11.3 Å². The lowest BCUT2D eigenvalue weighted by molar-refractivity contribution is 1.03. The summed E-state index contributed by atoms with van der Waals surface area (Å²) in [4.78, 5) is 5.60. The van der Waals surface area contributed by atoms with Crippen LogP contribution in [0.25, 0.3) is 0 Å². The minimum Gasteiger partial charge on any atom is -0.370 e. The molecule has 0 saturated heterocycles. The Hall–Kier alpha value is -1.35. The number of hydrogen-bond donors (Lipinski definition) is 1. The largest absolute Gasteiger partial charge is 0.370 e. The predicted molar refractivity (Wildman–Crippen MR) is 60.7 cm³/mol. The molecule has 2 aromatic heterocycles. The quantitative estimate of drug-likeness (QED) is 0.828. The van der Waals surface area contributed by atoms with Crippen molar-refractivity contribution in [2.45, 2.75) is 6.42 Å². The Kier molecular flexibility index (Phi) is 3.14. The lowest BCUT2D eigenvalue weighted by Gasteiger charge is -2.02. The van der Waals surface area contributed by atoms with E-state index in [-0.39, 0.29) is 0 Å². The molecule has 1 N–H and O–H groups in total. The molecular weight excluding hydrogens is 192 g/mol. The molecule has 2 aromatic rings. The van der Waals surface area contributed by atoms with Crippen LogP contribution in [0.1, 0.15) is 4.88 Å². The summed E-state index contributed by atoms with van der Waals surface area (Å²) in [6, 6.07) is 10.1. The van der Waals surface area contributed by atoms with Gasteiger partial charge < -0.3 is 5.32 Å². The van der Waals surface area contributed by atoms with Crippen LogP contribution in [0.5, 0.6) is 0 Å². The maximum absolute atomic E-state index is 4.19. The molecule has 0 saturated carbocycles. The molecular formula is C11H12N2S. The van der Waals surface area contributed by atoms with E-state index in [9.17, 15) is 0 Å². The van der Waals surface area contributed by atoms with Crippen LogP contribution in [0.3, 0.4) is 0 Å². The average molecular weight is 204 g/mol. The van der Waals surface area contributed by atoms with Crippen LogP contribution in [-0.4, -0.2) is 11.5 Å². The Balaban J connectivity index is 1.79. The van der Waals surface area contributed by atoms with Gasteiger partial charge in [0, 0.05) is 17.6 Å². The Morgan fingerprint density at radius 3 is 2.93 bits per heavy atom. The zero-order valence-corrected chi connectivity index (χ0v) is 8.63. The molecule has 0 radical (unpaired) electrons. The maximum atomic E-state index is 4.19. The van der Waals surface area contributed by atoms with Gasteiger partial charge in [-0.25, -0.2) is 4.98 Å². The van der Waals surface area contributed by atoms with Crippen molar-refractivity contribution in [2.24, 2.45) is 0 Å². The van der Waals surface area contributed by atoms with Crippen molar-refractivity contribution in [1.82, 2.24) is 4.98 Å². The standard InChI is InChI=1S/C11H12N2S/c1-2-7-12-11(5-1)13-8-6-10-4-3-9-14-10/h1-5,7,9H,6,8H2,(H,12,13). The lowest BCUT2D eigenvalue weighted by atomic mass is 10.3. The van der Waals surface area contributed by atoms with Gasteiger partial charge in [-0.2, -0.15) is 0 Å². The van der Waals surface area contributed by atoms with E-state index in [2.05, 4.69) is 27.8 Å². The molecule has 2 nitrogen and oxygen atoms in total. The first-order chi connectivity index (χ1) is 6.95. The van der Waals surface area contributed by atoms with E-state index >= 15 is 0 Å². The molecule has 14 heavy (non-hydrogen) atoms. The van der Waals surface area contributed by atoms with Gasteiger partial charge in [0.25, 0.3) is 0 Å². The van der Waals surface area contributed by atoms with Gasteiger partial charge in [-0.05, 0) is 30.0 Å². The molecule has 0 spiro atoms. The SMILES string of the molecule is c1ccc(NCCc2cccs2)nc1. The smallest absolute Gasteiger partial charge is 0.125 e. The van der Waals surface area contributed by atoms with Crippen LogP contribution in [0.2, 0.25) is 0 Å². The molecule has 0 amide bonds. The van der Waals surface area contributed by atoms with Crippen molar-refractivity contribution >= 4 is 17.2 Å². The summed E-state index contributed by atoms with van der Waals surface area (Å²) in [6.45, 7) is 0.942. The first-order valence-electron chi connectivity index (χ1n) is 4.62. The summed E-state index contributed by atoms with van der Waals surface area (Å²) in [5.74, 6) is 0.948. The molecule has 0 fully saturated rings. The summed E-state index contributed by atoms with van der Waals surface area (Å²) in [5.41, 5.74) is 0. The average Bonchev–Trinajstić information content (AvgIpc) is 2.72. The monoisotopic (exact) mass is 204 g/mol. The highest BCUT2D eigenvalue weighted by atomic mass is 32.1. The zero-order valence-electron chi connectivity index (χ0n) is 7.81. The Bertz CT molecular complexity index is 356. The summed E-state index contributed by atoms with van der Waals surface area (Å²) in [7, 11) is 0. The van der Waals surface area contributed by atoms with E-state index in [0.29, 0.717) is 0 Å². The fraction of sp³-hybridized carbons (Fsp3) is 0.182. The van der Waals surface area contributed by atoms with Gasteiger partial charge in [0.15, 0.2) is 0 Å². The van der Waals surface area contributed by atoms with Gasteiger partial charge in [0.05, 0.1) is 0 Å². The molecule has 0 unspecified atom stereocenters. The first-order valence-corrected chi connectivity index (χ1v) is 5.50. The highest BCUT2D eigenvalue weighted by Crippen LogP contribution is 2.09. The molecule has 2 heterocycles. The molecule has 0 bridgehead atoms. The minimum absolute atomic E-state index is 0.942. The maximum Gasteiger partial charge on any atom is 0.125 e. The van der Waals surface area contributed by atoms with Crippen LogP contribution >= 0.6 is 11.3 Å². The number of nitrogens with zero attached hydrogens (tertiary/aromatic N) is 1. The zero-order chi connectivity index (χ0) is 9.64. The third kappa shape index (κ3) is 2.57. The number of nitrogens with one attached hydrogen (secondary N) is 1. The fourth-order valence-corrected chi connectivity index (χ4v) is 1.94. The molecule has 72 valence electrons. The number of rotatable bonds is 4. The number of aromatic nitrogens is 1. The molecule has 0 aliphatic carbocycles. The Morgan fingerprint density at radius 1 is 1.21 bits per heavy atom. The second-order valence-electron chi connectivity index (χ2n) is 2.97. The van der Waals surface area contributed by atoms with Crippen LogP contribution in [-0.2, 0) is 6.42 Å². The molecule has 0 aromatic carbocycles. The van der Waals surface area contributed by atoms with Gasteiger partial charge in [-0.3, -0.25) is 0 Å². The number of thiophene rings is 1. The van der Waals surface area contributed by atoms with E-state index in [1.54, 1.807) is 17.5 Å². The third-order valence-corrected chi connectivity index (χ3v) is 2.86. The van der Waals surface area contributed by atoms with Crippen molar-refractivity contribution in [3.63, 3.8) is 0 Å². The summed E-state index contributed by atoms with van der Waals surface area (Å²) in [5, 5.41) is 5.39. The van der Waals surface area contributed by atoms with Crippen LogP contribution in [0.15, 0.2) is 41.9 Å².